The molecule has 35 heavy (non-hydrogen) atoms. The van der Waals surface area contributed by atoms with Gasteiger partial charge in [-0.3, -0.25) is 4.79 Å². The predicted octanol–water partition coefficient (Wildman–Crippen LogP) is 7.67. The zero-order valence-corrected chi connectivity index (χ0v) is 23.9. The van der Waals surface area contributed by atoms with Crippen LogP contribution < -0.4 is 0 Å². The number of hydrogen-bond acceptors (Lipinski definition) is 3. The first kappa shape index (κ1) is 26.1. The maximum Gasteiger partial charge on any atom is 0.253 e. The number of nitrogens with zero attached hydrogens (tertiary/aromatic N) is 3. The SMILES string of the molecule is CN(C)Cc1cc2c(Br)cc(Sc3ccc(Cl)c(Cl)c3)cc2n1Cc1ccc(C(=O)N(C)C)cc1. The number of fused-ring (bicyclic) bond motifs is 1. The van der Waals surface area contributed by atoms with Gasteiger partial charge in [-0.2, -0.15) is 0 Å². The molecule has 0 unspecified atom stereocenters. The Morgan fingerprint density at radius 3 is 2.26 bits per heavy atom. The minimum atomic E-state index is 0.00385. The van der Waals surface area contributed by atoms with E-state index in [2.05, 4.69) is 57.7 Å². The van der Waals surface area contributed by atoms with Gasteiger partial charge in [0.25, 0.3) is 5.91 Å². The largest absolute Gasteiger partial charge is 0.345 e. The van der Waals surface area contributed by atoms with E-state index in [9.17, 15) is 4.79 Å². The number of amides is 1. The summed E-state index contributed by atoms with van der Waals surface area (Å²) < 4.78 is 3.39. The van der Waals surface area contributed by atoms with Gasteiger partial charge in [-0.15, -0.1) is 0 Å². The quantitative estimate of drug-likeness (QED) is 0.221. The van der Waals surface area contributed by atoms with Gasteiger partial charge in [-0.1, -0.05) is 63.0 Å². The minimum absolute atomic E-state index is 0.00385. The molecule has 0 aliphatic carbocycles. The van der Waals surface area contributed by atoms with E-state index in [4.69, 9.17) is 23.2 Å². The average molecular weight is 591 g/mol. The van der Waals surface area contributed by atoms with Gasteiger partial charge < -0.3 is 14.4 Å². The van der Waals surface area contributed by atoms with Gasteiger partial charge in [0.15, 0.2) is 0 Å². The van der Waals surface area contributed by atoms with Crippen molar-refractivity contribution in [2.45, 2.75) is 22.9 Å². The second kappa shape index (κ2) is 11.0. The molecule has 0 bridgehead atoms. The third-order valence-electron chi connectivity index (χ3n) is 5.58. The van der Waals surface area contributed by atoms with Gasteiger partial charge in [0.2, 0.25) is 0 Å². The summed E-state index contributed by atoms with van der Waals surface area (Å²) in [4.78, 5) is 18.2. The van der Waals surface area contributed by atoms with Crippen LogP contribution in [0, 0.1) is 0 Å². The van der Waals surface area contributed by atoms with E-state index in [1.54, 1.807) is 30.8 Å². The summed E-state index contributed by atoms with van der Waals surface area (Å²) in [5.41, 5.74) is 4.19. The predicted molar refractivity (Wildman–Crippen MR) is 151 cm³/mol. The summed E-state index contributed by atoms with van der Waals surface area (Å²) in [7, 11) is 7.68. The van der Waals surface area contributed by atoms with Crippen LogP contribution in [0.4, 0.5) is 0 Å². The molecular weight excluding hydrogens is 565 g/mol. The van der Waals surface area contributed by atoms with Crippen molar-refractivity contribution in [1.82, 2.24) is 14.4 Å². The van der Waals surface area contributed by atoms with Gasteiger partial charge in [0.1, 0.15) is 0 Å². The van der Waals surface area contributed by atoms with Crippen LogP contribution in [0.25, 0.3) is 10.9 Å². The average Bonchev–Trinajstić information content (AvgIpc) is 3.13. The Labute approximate surface area is 228 Å². The number of carbonyl (C=O) groups excluding carboxylic acids is 1. The summed E-state index contributed by atoms with van der Waals surface area (Å²) >= 11 is 17.8. The Balaban J connectivity index is 1.73. The van der Waals surface area contributed by atoms with Crippen LogP contribution in [0.3, 0.4) is 0 Å². The van der Waals surface area contributed by atoms with Gasteiger partial charge in [-0.05, 0) is 68.2 Å². The van der Waals surface area contributed by atoms with Crippen molar-refractivity contribution in [3.63, 3.8) is 0 Å². The highest BCUT2D eigenvalue weighted by Crippen LogP contribution is 2.38. The highest BCUT2D eigenvalue weighted by molar-refractivity contribution is 9.10. The molecule has 0 aliphatic rings. The number of halogens is 3. The maximum absolute atomic E-state index is 12.3. The van der Waals surface area contributed by atoms with Crippen molar-refractivity contribution in [2.24, 2.45) is 0 Å². The van der Waals surface area contributed by atoms with Gasteiger partial charge in [0, 0.05) is 58.1 Å². The lowest BCUT2D eigenvalue weighted by atomic mass is 10.1. The molecule has 1 aromatic heterocycles. The molecular formula is C27H26BrCl2N3OS. The normalized spacial score (nSPS) is 11.4. The van der Waals surface area contributed by atoms with Crippen LogP contribution in [-0.2, 0) is 13.1 Å². The molecule has 182 valence electrons. The number of carbonyl (C=O) groups is 1. The van der Waals surface area contributed by atoms with Gasteiger partial charge >= 0.3 is 0 Å². The summed E-state index contributed by atoms with van der Waals surface area (Å²) in [6, 6.07) is 20.2. The van der Waals surface area contributed by atoms with Crippen molar-refractivity contribution in [2.75, 3.05) is 28.2 Å². The highest BCUT2D eigenvalue weighted by Gasteiger charge is 2.15. The molecule has 0 spiro atoms. The third kappa shape index (κ3) is 6.07. The number of rotatable bonds is 7. The zero-order valence-electron chi connectivity index (χ0n) is 20.0. The molecule has 4 aromatic rings. The first-order valence-electron chi connectivity index (χ1n) is 11.0. The summed E-state index contributed by atoms with van der Waals surface area (Å²) in [6.45, 7) is 1.52. The molecule has 0 aliphatic heterocycles. The van der Waals surface area contributed by atoms with Crippen LogP contribution in [0.15, 0.2) is 74.9 Å². The molecule has 8 heteroatoms. The van der Waals surface area contributed by atoms with Crippen molar-refractivity contribution < 1.29 is 4.79 Å². The van der Waals surface area contributed by atoms with Crippen LogP contribution in [-0.4, -0.2) is 48.5 Å². The zero-order chi connectivity index (χ0) is 25.3. The van der Waals surface area contributed by atoms with E-state index in [1.807, 2.05) is 42.5 Å². The highest BCUT2D eigenvalue weighted by atomic mass is 79.9. The summed E-state index contributed by atoms with van der Waals surface area (Å²) in [5.74, 6) is 0.00385. The molecule has 0 atom stereocenters. The molecule has 0 saturated heterocycles. The molecule has 1 amide bonds. The Morgan fingerprint density at radius 1 is 0.914 bits per heavy atom. The summed E-state index contributed by atoms with van der Waals surface area (Å²) in [5, 5.41) is 2.26. The van der Waals surface area contributed by atoms with Crippen molar-refractivity contribution >= 4 is 67.7 Å². The fourth-order valence-electron chi connectivity index (χ4n) is 3.92. The molecule has 1 heterocycles. The third-order valence-corrected chi connectivity index (χ3v) is 7.94. The van der Waals surface area contributed by atoms with E-state index < -0.39 is 0 Å². The van der Waals surface area contributed by atoms with Gasteiger partial charge in [0.05, 0.1) is 15.6 Å². The topological polar surface area (TPSA) is 28.5 Å². The standard InChI is InChI=1S/C27H26BrCl2N3OS/c1-31(2)16-19-11-22-23(28)12-21(35-20-9-10-24(29)25(30)13-20)14-26(22)33(19)15-17-5-7-18(8-6-17)27(34)32(3)4/h5-14H,15-16H2,1-4H3. The number of benzene rings is 3. The first-order chi connectivity index (χ1) is 16.6. The van der Waals surface area contributed by atoms with E-state index in [-0.39, 0.29) is 5.91 Å². The molecule has 0 saturated carbocycles. The lowest BCUT2D eigenvalue weighted by Crippen LogP contribution is -2.21. The molecule has 0 radical (unpaired) electrons. The Hall–Kier alpha value is -1.96. The van der Waals surface area contributed by atoms with Gasteiger partial charge in [-0.25, -0.2) is 0 Å². The van der Waals surface area contributed by atoms with Crippen LogP contribution in [0.1, 0.15) is 21.6 Å². The smallest absolute Gasteiger partial charge is 0.253 e. The first-order valence-corrected chi connectivity index (χ1v) is 13.4. The second-order valence-corrected chi connectivity index (χ2v) is 11.7. The summed E-state index contributed by atoms with van der Waals surface area (Å²) in [6.07, 6.45) is 0. The number of hydrogen-bond donors (Lipinski definition) is 0. The van der Waals surface area contributed by atoms with Crippen LogP contribution in [0.5, 0.6) is 0 Å². The van der Waals surface area contributed by atoms with E-state index >= 15 is 0 Å². The Kier molecular flexibility index (Phi) is 8.19. The minimum Gasteiger partial charge on any atom is -0.345 e. The molecule has 0 N–H and O–H groups in total. The number of aromatic nitrogens is 1. The molecule has 4 rings (SSSR count). The maximum atomic E-state index is 12.3. The fourth-order valence-corrected chi connectivity index (χ4v) is 5.93. The van der Waals surface area contributed by atoms with Crippen molar-refractivity contribution in [3.05, 3.63) is 92.0 Å². The fraction of sp³-hybridized carbons (Fsp3) is 0.222. The van der Waals surface area contributed by atoms with E-state index in [1.165, 1.54) is 11.1 Å². The van der Waals surface area contributed by atoms with Crippen LogP contribution in [0.2, 0.25) is 10.0 Å². The Bertz CT molecular complexity index is 1380. The second-order valence-electron chi connectivity index (χ2n) is 8.87. The van der Waals surface area contributed by atoms with E-state index in [0.717, 1.165) is 31.9 Å². The van der Waals surface area contributed by atoms with Crippen LogP contribution >= 0.6 is 50.9 Å². The van der Waals surface area contributed by atoms with Crippen molar-refractivity contribution in [1.29, 1.82) is 0 Å². The molecule has 3 aromatic carbocycles. The van der Waals surface area contributed by atoms with Crippen molar-refractivity contribution in [3.8, 4) is 0 Å². The molecule has 4 nitrogen and oxygen atoms in total. The van der Waals surface area contributed by atoms with E-state index in [0.29, 0.717) is 22.2 Å². The lowest BCUT2D eigenvalue weighted by Gasteiger charge is -2.16. The lowest BCUT2D eigenvalue weighted by molar-refractivity contribution is 0.0827. The monoisotopic (exact) mass is 589 g/mol. The molecule has 0 fully saturated rings. The Morgan fingerprint density at radius 2 is 1.63 bits per heavy atom.